The number of para-hydroxylation sites is 2. The van der Waals surface area contributed by atoms with Crippen molar-refractivity contribution in [2.45, 2.75) is 15.2 Å². The van der Waals surface area contributed by atoms with E-state index in [-0.39, 0.29) is 0 Å². The zero-order chi connectivity index (χ0) is 49.5. The molecule has 0 bridgehead atoms. The van der Waals surface area contributed by atoms with E-state index in [9.17, 15) is 0 Å². The fourth-order valence-electron chi connectivity index (χ4n) is 12.0. The van der Waals surface area contributed by atoms with Gasteiger partial charge in [0.2, 0.25) is 0 Å². The zero-order valence-corrected chi connectivity index (χ0v) is 41.4. The predicted molar refractivity (Wildman–Crippen MR) is 309 cm³/mol. The highest BCUT2D eigenvalue weighted by Crippen LogP contribution is 2.64. The molecule has 3 nitrogen and oxygen atoms in total. The van der Waals surface area contributed by atoms with Gasteiger partial charge in [-0.2, -0.15) is 0 Å². The summed E-state index contributed by atoms with van der Waals surface area (Å²) in [4.78, 5) is 13.0. The van der Waals surface area contributed by atoms with Crippen molar-refractivity contribution in [2.24, 2.45) is 0 Å². The highest BCUT2D eigenvalue weighted by atomic mass is 32.2. The summed E-state index contributed by atoms with van der Waals surface area (Å²) in [5.74, 6) is 0.664. The molecule has 1 spiro atoms. The minimum Gasteiger partial charge on any atom is -0.455 e. The summed E-state index contributed by atoms with van der Waals surface area (Å²) < 4.78 is 6.54. The molecule has 0 saturated heterocycles. The van der Waals surface area contributed by atoms with E-state index in [1.807, 2.05) is 42.1 Å². The largest absolute Gasteiger partial charge is 0.455 e. The summed E-state index contributed by atoms with van der Waals surface area (Å²) in [7, 11) is 0. The lowest BCUT2D eigenvalue weighted by molar-refractivity contribution is 0.670. The topological polar surface area (TPSA) is 38.9 Å². The molecule has 0 radical (unpaired) electrons. The number of nitrogens with zero attached hydrogens (tertiary/aromatic N) is 2. The summed E-state index contributed by atoms with van der Waals surface area (Å²) in [6, 6.07) is 96.8. The van der Waals surface area contributed by atoms with E-state index in [0.717, 1.165) is 61.1 Å². The van der Waals surface area contributed by atoms with Crippen LogP contribution in [0.15, 0.2) is 281 Å². The molecule has 15 rings (SSSR count). The molecular formula is C71H44N2OS. The van der Waals surface area contributed by atoms with Crippen LogP contribution in [0.1, 0.15) is 22.3 Å². The van der Waals surface area contributed by atoms with E-state index in [2.05, 4.69) is 237 Å². The van der Waals surface area contributed by atoms with Gasteiger partial charge in [0.1, 0.15) is 11.2 Å². The first-order valence-electron chi connectivity index (χ1n) is 25.5. The summed E-state index contributed by atoms with van der Waals surface area (Å²) >= 11 is 1.88. The molecule has 4 heteroatoms. The maximum absolute atomic E-state index is 6.54. The van der Waals surface area contributed by atoms with Crippen LogP contribution in [0, 0.1) is 0 Å². The standard InChI is InChI=1S/C71H44N2OS/c1-4-18-45(19-5-1)51-40-52(46-20-6-2-7-21-46)42-53(41-51)54-25-17-30-61-68(54)57-39-38-50(43-62(57)71(61)59-28-11-14-32-66(59)75-67-33-15-12-29-60(67)71)47-34-36-48(37-35-47)63-44-64(73-70(72-63)49-22-8-3-9-23-49)58-27-16-26-56-55-24-10-13-31-65(55)74-69(56)58/h1-44H. The van der Waals surface area contributed by atoms with Crippen LogP contribution in [0.5, 0.6) is 0 Å². The molecule has 0 saturated carbocycles. The van der Waals surface area contributed by atoms with Crippen LogP contribution >= 0.6 is 11.8 Å². The molecule has 75 heavy (non-hydrogen) atoms. The van der Waals surface area contributed by atoms with E-state index in [0.29, 0.717) is 5.82 Å². The highest BCUT2D eigenvalue weighted by Gasteiger charge is 2.51. The second-order valence-electron chi connectivity index (χ2n) is 19.5. The molecule has 0 unspecified atom stereocenters. The minimum atomic E-state index is -0.567. The molecule has 1 aliphatic carbocycles. The Kier molecular flexibility index (Phi) is 10.0. The van der Waals surface area contributed by atoms with E-state index in [1.54, 1.807) is 0 Å². The fraction of sp³-hybridized carbons (Fsp3) is 0.0141. The number of furan rings is 1. The van der Waals surface area contributed by atoms with Gasteiger partial charge in [0.25, 0.3) is 0 Å². The third-order valence-electron chi connectivity index (χ3n) is 15.4. The van der Waals surface area contributed by atoms with Crippen LogP contribution in [-0.2, 0) is 5.41 Å². The van der Waals surface area contributed by atoms with Gasteiger partial charge in [-0.05, 0) is 132 Å². The van der Waals surface area contributed by atoms with E-state index < -0.39 is 5.41 Å². The van der Waals surface area contributed by atoms with Gasteiger partial charge in [-0.1, -0.05) is 224 Å². The number of hydrogen-bond acceptors (Lipinski definition) is 4. The Labute approximate surface area is 439 Å². The first-order chi connectivity index (χ1) is 37.2. The summed E-state index contributed by atoms with van der Waals surface area (Å²) in [5.41, 5.74) is 22.9. The van der Waals surface area contributed by atoms with Crippen LogP contribution in [0.2, 0.25) is 0 Å². The molecule has 1 aliphatic heterocycles. The van der Waals surface area contributed by atoms with Crippen molar-refractivity contribution in [3.63, 3.8) is 0 Å². The van der Waals surface area contributed by atoms with Crippen LogP contribution in [-0.4, -0.2) is 9.97 Å². The van der Waals surface area contributed by atoms with Crippen LogP contribution in [0.3, 0.4) is 0 Å². The van der Waals surface area contributed by atoms with Gasteiger partial charge in [-0.25, -0.2) is 9.97 Å². The third kappa shape index (κ3) is 6.98. The van der Waals surface area contributed by atoms with Crippen molar-refractivity contribution in [1.82, 2.24) is 9.97 Å². The Morgan fingerprint density at radius 1 is 0.307 bits per heavy atom. The molecule has 11 aromatic carbocycles. The lowest BCUT2D eigenvalue weighted by Crippen LogP contribution is -2.32. The molecule has 0 amide bonds. The summed E-state index contributed by atoms with van der Waals surface area (Å²) in [6.07, 6.45) is 0. The number of hydrogen-bond donors (Lipinski definition) is 0. The maximum Gasteiger partial charge on any atom is 0.160 e. The van der Waals surface area contributed by atoms with Gasteiger partial charge in [-0.15, -0.1) is 0 Å². The number of rotatable bonds is 7. The molecule has 0 N–H and O–H groups in total. The second-order valence-corrected chi connectivity index (χ2v) is 20.6. The summed E-state index contributed by atoms with van der Waals surface area (Å²) in [6.45, 7) is 0. The average Bonchev–Trinajstić information content (AvgIpc) is 4.10. The van der Waals surface area contributed by atoms with Gasteiger partial charge in [0.15, 0.2) is 5.82 Å². The average molecular weight is 973 g/mol. The van der Waals surface area contributed by atoms with Crippen molar-refractivity contribution in [3.8, 4) is 89.5 Å². The Morgan fingerprint density at radius 2 is 0.827 bits per heavy atom. The normalized spacial score (nSPS) is 12.9. The maximum atomic E-state index is 6.54. The zero-order valence-electron chi connectivity index (χ0n) is 40.6. The Bertz CT molecular complexity index is 4270. The summed E-state index contributed by atoms with van der Waals surface area (Å²) in [5, 5.41) is 2.16. The van der Waals surface area contributed by atoms with Gasteiger partial charge < -0.3 is 4.42 Å². The van der Waals surface area contributed by atoms with Crippen molar-refractivity contribution in [1.29, 1.82) is 0 Å². The SMILES string of the molecule is c1ccc(-c2cc(-c3ccccc3)cc(-c3cccc4c3-c3ccc(-c5ccc(-c6cc(-c7cccc8c7oc7ccccc78)nc(-c7ccccc7)n6)cc5)cc3C43c4ccccc4Sc4ccccc43)c2)cc1. The van der Waals surface area contributed by atoms with Gasteiger partial charge in [-0.3, -0.25) is 0 Å². The lowest BCUT2D eigenvalue weighted by Gasteiger charge is -2.39. The first kappa shape index (κ1) is 43.3. The molecule has 13 aromatic rings. The van der Waals surface area contributed by atoms with Gasteiger partial charge in [0.05, 0.1) is 16.8 Å². The Hall–Kier alpha value is -9.35. The predicted octanol–water partition coefficient (Wildman–Crippen LogP) is 18.9. The number of fused-ring (bicyclic) bond motifs is 12. The van der Waals surface area contributed by atoms with E-state index >= 15 is 0 Å². The van der Waals surface area contributed by atoms with Crippen molar-refractivity contribution >= 4 is 33.7 Å². The molecule has 0 atom stereocenters. The second kappa shape index (κ2) is 17.4. The smallest absolute Gasteiger partial charge is 0.160 e. The monoisotopic (exact) mass is 972 g/mol. The van der Waals surface area contributed by atoms with Crippen LogP contribution in [0.25, 0.3) is 111 Å². The molecule has 2 aliphatic rings. The van der Waals surface area contributed by atoms with Crippen molar-refractivity contribution < 1.29 is 4.42 Å². The Balaban J connectivity index is 0.903. The number of benzene rings is 11. The molecular weight excluding hydrogens is 929 g/mol. The quantitative estimate of drug-likeness (QED) is 0.160. The highest BCUT2D eigenvalue weighted by molar-refractivity contribution is 7.99. The Morgan fingerprint density at radius 3 is 1.53 bits per heavy atom. The molecule has 2 aromatic heterocycles. The molecule has 0 fully saturated rings. The van der Waals surface area contributed by atoms with Crippen molar-refractivity contribution in [2.75, 3.05) is 0 Å². The molecule has 3 heterocycles. The van der Waals surface area contributed by atoms with Gasteiger partial charge in [0, 0.05) is 37.3 Å². The van der Waals surface area contributed by atoms with Crippen LogP contribution in [0.4, 0.5) is 0 Å². The van der Waals surface area contributed by atoms with Crippen LogP contribution < -0.4 is 0 Å². The van der Waals surface area contributed by atoms with E-state index in [4.69, 9.17) is 14.4 Å². The molecule has 350 valence electrons. The minimum absolute atomic E-state index is 0.567. The third-order valence-corrected chi connectivity index (χ3v) is 16.5. The van der Waals surface area contributed by atoms with Crippen molar-refractivity contribution in [3.05, 3.63) is 289 Å². The lowest BCUT2D eigenvalue weighted by atomic mass is 9.67. The van der Waals surface area contributed by atoms with E-state index in [1.165, 1.54) is 76.6 Å². The number of aromatic nitrogens is 2. The first-order valence-corrected chi connectivity index (χ1v) is 26.3. The van der Waals surface area contributed by atoms with Gasteiger partial charge >= 0.3 is 0 Å². The fourth-order valence-corrected chi connectivity index (χ4v) is 13.2.